The van der Waals surface area contributed by atoms with E-state index in [0.29, 0.717) is 15.7 Å². The van der Waals surface area contributed by atoms with Crippen molar-refractivity contribution in [3.8, 4) is 0 Å². The lowest BCUT2D eigenvalue weighted by molar-refractivity contribution is -0.245. The zero-order chi connectivity index (χ0) is 17.7. The largest absolute Gasteiger partial charge is 0.870 e. The predicted octanol–water partition coefficient (Wildman–Crippen LogP) is 3.46. The van der Waals surface area contributed by atoms with Gasteiger partial charge >= 0.3 is 5.97 Å². The fourth-order valence-corrected chi connectivity index (χ4v) is 1.90. The second-order valence-electron chi connectivity index (χ2n) is 4.50. The van der Waals surface area contributed by atoms with Gasteiger partial charge in [0.05, 0.1) is 5.69 Å². The van der Waals surface area contributed by atoms with Crippen LogP contribution in [0.3, 0.4) is 0 Å². The van der Waals surface area contributed by atoms with Gasteiger partial charge in [-0.05, 0) is 42.0 Å². The number of aliphatic carboxylic acids is 1. The number of Topliss-reactive ketones (excluding diaryl/α,β-unsaturated/α-hetero) is 1. The summed E-state index contributed by atoms with van der Waals surface area (Å²) in [4.78, 5) is 22.7. The molecule has 0 aliphatic rings. The Kier molecular flexibility index (Phi) is 5.68. The first kappa shape index (κ1) is 17.7. The summed E-state index contributed by atoms with van der Waals surface area (Å²) in [5.74, 6) is -4.12. The lowest BCUT2D eigenvalue weighted by Crippen LogP contribution is -2.19. The van der Waals surface area contributed by atoms with Crippen molar-refractivity contribution in [2.45, 2.75) is 0 Å². The summed E-state index contributed by atoms with van der Waals surface area (Å²) < 4.78 is 0. The second kappa shape index (κ2) is 7.72. The average Bonchev–Trinajstić information content (AvgIpc) is 2.56. The molecule has 8 heteroatoms. The van der Waals surface area contributed by atoms with Gasteiger partial charge in [-0.15, -0.1) is 5.11 Å². The van der Waals surface area contributed by atoms with Gasteiger partial charge < -0.3 is 10.2 Å². The van der Waals surface area contributed by atoms with E-state index < -0.39 is 23.2 Å². The molecule has 2 aromatic carbocycles. The number of azo groups is 1. The fraction of sp³-hybridized carbons (Fsp3) is 0. The van der Waals surface area contributed by atoms with Crippen LogP contribution in [0, 0.1) is 0 Å². The number of carbonyl (C=O) groups excluding carboxylic acids is 1. The summed E-state index contributed by atoms with van der Waals surface area (Å²) >= 11 is 11.5. The molecule has 122 valence electrons. The molecule has 0 aromatic heterocycles. The molecule has 0 radical (unpaired) electrons. The minimum absolute atomic E-state index is 0.0686. The molecule has 0 aliphatic carbocycles. The van der Waals surface area contributed by atoms with Crippen molar-refractivity contribution >= 4 is 46.4 Å². The number of ketones is 1. The summed E-state index contributed by atoms with van der Waals surface area (Å²) in [5.41, 5.74) is -0.433. The monoisotopic (exact) mass is 363 g/mol. The number of rotatable bonds is 5. The van der Waals surface area contributed by atoms with Crippen molar-refractivity contribution in [2.75, 3.05) is 0 Å². The van der Waals surface area contributed by atoms with Crippen LogP contribution in [0.4, 0.5) is 5.69 Å². The van der Waals surface area contributed by atoms with E-state index in [0.717, 1.165) is 0 Å². The third-order valence-electron chi connectivity index (χ3n) is 2.82. The van der Waals surface area contributed by atoms with Crippen LogP contribution in [-0.2, 0) is 9.59 Å². The van der Waals surface area contributed by atoms with Gasteiger partial charge in [0.25, 0.3) is 5.78 Å². The number of carboxylic acid groups (broad SMARTS) is 1. The minimum atomic E-state index is -1.80. The first-order valence-corrected chi connectivity index (χ1v) is 7.26. The molecule has 1 N–H and O–H groups in total. The van der Waals surface area contributed by atoms with Crippen molar-refractivity contribution in [1.82, 2.24) is 0 Å². The lowest BCUT2D eigenvalue weighted by atomic mass is 10.1. The van der Waals surface area contributed by atoms with Gasteiger partial charge in [-0.1, -0.05) is 41.1 Å². The number of halogens is 2. The van der Waals surface area contributed by atoms with Gasteiger partial charge in [0.15, 0.2) is 0 Å². The third-order valence-corrected chi connectivity index (χ3v) is 3.33. The van der Waals surface area contributed by atoms with Crippen LogP contribution < -0.4 is 5.11 Å². The van der Waals surface area contributed by atoms with E-state index in [1.165, 1.54) is 48.5 Å². The molecule has 0 heterocycles. The molecule has 0 saturated heterocycles. The SMILES string of the molecule is O=C(O)C(=O)/C(N=Nc1ccc(Cl)cc1)=C(\[O-])c1ccc(Cl)cc1. The van der Waals surface area contributed by atoms with E-state index in [9.17, 15) is 14.7 Å². The molecule has 0 amide bonds. The standard InChI is InChI=1S/C16H10Cl2N2O4/c17-10-3-1-9(2-4-10)14(21)13(15(22)16(23)24)20-19-12-7-5-11(18)6-8-12/h1-8,21H,(H,23,24)/p-1/b14-13+,20-19?. The maximum atomic E-state index is 12.3. The highest BCUT2D eigenvalue weighted by Crippen LogP contribution is 2.21. The number of hydrogen-bond donors (Lipinski definition) is 1. The highest BCUT2D eigenvalue weighted by Gasteiger charge is 2.19. The Morgan fingerprint density at radius 1 is 0.917 bits per heavy atom. The van der Waals surface area contributed by atoms with E-state index in [1.807, 2.05) is 0 Å². The van der Waals surface area contributed by atoms with E-state index in [2.05, 4.69) is 10.2 Å². The lowest BCUT2D eigenvalue weighted by Gasteiger charge is -2.14. The Morgan fingerprint density at radius 2 is 1.42 bits per heavy atom. The highest BCUT2D eigenvalue weighted by molar-refractivity contribution is 6.40. The predicted molar refractivity (Wildman–Crippen MR) is 87.0 cm³/mol. The van der Waals surface area contributed by atoms with Crippen molar-refractivity contribution in [1.29, 1.82) is 0 Å². The van der Waals surface area contributed by atoms with Crippen molar-refractivity contribution in [3.63, 3.8) is 0 Å². The maximum Gasteiger partial charge on any atom is 0.378 e. The van der Waals surface area contributed by atoms with Gasteiger partial charge in [-0.2, -0.15) is 5.11 Å². The molecule has 0 bridgehead atoms. The number of hydrogen-bond acceptors (Lipinski definition) is 5. The molecule has 0 atom stereocenters. The molecule has 0 unspecified atom stereocenters. The summed E-state index contributed by atoms with van der Waals surface area (Å²) in [5, 5.41) is 29.3. The van der Waals surface area contributed by atoms with E-state index in [4.69, 9.17) is 28.3 Å². The smallest absolute Gasteiger partial charge is 0.378 e. The van der Waals surface area contributed by atoms with Crippen LogP contribution in [0.2, 0.25) is 10.0 Å². The van der Waals surface area contributed by atoms with Crippen molar-refractivity contribution in [2.24, 2.45) is 10.2 Å². The molecule has 2 aromatic rings. The summed E-state index contributed by atoms with van der Waals surface area (Å²) in [7, 11) is 0. The molecule has 0 saturated carbocycles. The Balaban J connectivity index is 2.46. The minimum Gasteiger partial charge on any atom is -0.870 e. The number of carboxylic acids is 1. The highest BCUT2D eigenvalue weighted by atomic mass is 35.5. The second-order valence-corrected chi connectivity index (χ2v) is 5.37. The van der Waals surface area contributed by atoms with E-state index >= 15 is 0 Å². The molecule has 2 rings (SSSR count). The van der Waals surface area contributed by atoms with Gasteiger partial charge in [0, 0.05) is 10.0 Å². The molecule has 0 fully saturated rings. The summed E-state index contributed by atoms with van der Waals surface area (Å²) in [6.07, 6.45) is 0. The van der Waals surface area contributed by atoms with Crippen LogP contribution in [0.5, 0.6) is 0 Å². The normalized spacial score (nSPS) is 12.1. The van der Waals surface area contributed by atoms with Gasteiger partial charge in [0.1, 0.15) is 5.70 Å². The Bertz CT molecular complexity index is 828. The van der Waals surface area contributed by atoms with Gasteiger partial charge in [-0.25, -0.2) is 4.79 Å². The van der Waals surface area contributed by atoms with Crippen LogP contribution >= 0.6 is 23.2 Å². The molecule has 24 heavy (non-hydrogen) atoms. The average molecular weight is 364 g/mol. The third kappa shape index (κ3) is 4.41. The molecule has 6 nitrogen and oxygen atoms in total. The maximum absolute atomic E-state index is 12.3. The molecular formula is C16H9Cl2N2O4-. The van der Waals surface area contributed by atoms with E-state index in [-0.39, 0.29) is 5.56 Å². The fourth-order valence-electron chi connectivity index (χ4n) is 1.65. The van der Waals surface area contributed by atoms with Crippen LogP contribution in [0.25, 0.3) is 5.76 Å². The van der Waals surface area contributed by atoms with Crippen molar-refractivity contribution < 1.29 is 19.8 Å². The number of nitrogens with zero attached hydrogens (tertiary/aromatic N) is 2. The topological polar surface area (TPSA) is 102 Å². The van der Waals surface area contributed by atoms with Gasteiger partial charge in [-0.3, -0.25) is 4.79 Å². The summed E-state index contributed by atoms with van der Waals surface area (Å²) in [6, 6.07) is 11.7. The van der Waals surface area contributed by atoms with Crippen LogP contribution in [-0.4, -0.2) is 16.9 Å². The van der Waals surface area contributed by atoms with Crippen LogP contribution in [0.1, 0.15) is 5.56 Å². The molecule has 0 spiro atoms. The number of benzene rings is 2. The first-order valence-electron chi connectivity index (χ1n) is 6.50. The molecular weight excluding hydrogens is 355 g/mol. The molecule has 0 aliphatic heterocycles. The van der Waals surface area contributed by atoms with Gasteiger partial charge in [0.2, 0.25) is 0 Å². The first-order chi connectivity index (χ1) is 11.4. The van der Waals surface area contributed by atoms with Crippen molar-refractivity contribution in [3.05, 3.63) is 69.8 Å². The number of carbonyl (C=O) groups is 2. The Morgan fingerprint density at radius 3 is 1.92 bits per heavy atom. The Hall–Kier alpha value is -2.70. The quantitative estimate of drug-likeness (QED) is 0.380. The van der Waals surface area contributed by atoms with E-state index in [1.54, 1.807) is 0 Å². The summed E-state index contributed by atoms with van der Waals surface area (Å²) in [6.45, 7) is 0. The Labute approximate surface area is 146 Å². The zero-order valence-corrected chi connectivity index (χ0v) is 13.5. The zero-order valence-electron chi connectivity index (χ0n) is 11.9. The van der Waals surface area contributed by atoms with Crippen LogP contribution in [0.15, 0.2) is 64.5 Å².